The Hall–Kier alpha value is -1.56. The fourth-order valence-electron chi connectivity index (χ4n) is 5.24. The van der Waals surface area contributed by atoms with E-state index in [4.69, 9.17) is 0 Å². The van der Waals surface area contributed by atoms with E-state index in [1.54, 1.807) is 12.1 Å². The molecule has 0 spiro atoms. The molecule has 0 aromatic heterocycles. The Labute approximate surface area is 164 Å². The molecule has 3 fully saturated rings. The van der Waals surface area contributed by atoms with Crippen LogP contribution in [-0.4, -0.2) is 41.9 Å². The van der Waals surface area contributed by atoms with Crippen LogP contribution in [0.5, 0.6) is 0 Å². The van der Waals surface area contributed by atoms with Crippen molar-refractivity contribution < 1.29 is 18.0 Å². The minimum absolute atomic E-state index is 0.115. The molecule has 0 radical (unpaired) electrons. The maximum absolute atomic E-state index is 12.9. The molecule has 1 saturated carbocycles. The van der Waals surface area contributed by atoms with Crippen molar-refractivity contribution in [1.82, 2.24) is 9.80 Å². The van der Waals surface area contributed by atoms with Crippen molar-refractivity contribution in [2.75, 3.05) is 26.2 Å². The van der Waals surface area contributed by atoms with Crippen LogP contribution in [0.3, 0.4) is 0 Å². The van der Waals surface area contributed by atoms with Crippen LogP contribution >= 0.6 is 0 Å². The second-order valence-electron chi connectivity index (χ2n) is 8.79. The van der Waals surface area contributed by atoms with E-state index in [0.29, 0.717) is 12.5 Å². The summed E-state index contributed by atoms with van der Waals surface area (Å²) in [4.78, 5) is 17.3. The number of halogens is 3. The van der Waals surface area contributed by atoms with Crippen LogP contribution in [0.15, 0.2) is 24.3 Å². The number of carbonyl (C=O) groups is 1. The number of carbonyl (C=O) groups excluding carboxylic acids is 1. The molecular weight excluding hydrogens is 365 g/mol. The van der Waals surface area contributed by atoms with E-state index in [0.717, 1.165) is 68.6 Å². The van der Waals surface area contributed by atoms with Crippen molar-refractivity contribution in [3.63, 3.8) is 0 Å². The van der Waals surface area contributed by atoms with Crippen LogP contribution in [0.4, 0.5) is 13.2 Å². The zero-order chi connectivity index (χ0) is 19.7. The van der Waals surface area contributed by atoms with Gasteiger partial charge in [-0.3, -0.25) is 9.69 Å². The molecule has 28 heavy (non-hydrogen) atoms. The minimum atomic E-state index is -4.29. The molecule has 2 heterocycles. The molecule has 0 N–H and O–H groups in total. The number of piperidine rings is 1. The number of likely N-dealkylation sites (tertiary alicyclic amines) is 2. The van der Waals surface area contributed by atoms with Crippen LogP contribution in [-0.2, 0) is 17.5 Å². The van der Waals surface area contributed by atoms with E-state index in [9.17, 15) is 18.0 Å². The third-order valence-corrected chi connectivity index (χ3v) is 6.91. The van der Waals surface area contributed by atoms with Crippen LogP contribution in [0.1, 0.15) is 49.7 Å². The second-order valence-corrected chi connectivity index (χ2v) is 8.79. The van der Waals surface area contributed by atoms with Crippen LogP contribution in [0.2, 0.25) is 0 Å². The van der Waals surface area contributed by atoms with Gasteiger partial charge in [-0.25, -0.2) is 0 Å². The Morgan fingerprint density at radius 1 is 0.929 bits per heavy atom. The predicted molar refractivity (Wildman–Crippen MR) is 101 cm³/mol. The number of fused-ring (bicyclic) bond motifs is 1. The van der Waals surface area contributed by atoms with Gasteiger partial charge < -0.3 is 4.90 Å². The third-order valence-electron chi connectivity index (χ3n) is 6.91. The molecule has 4 rings (SSSR count). The van der Waals surface area contributed by atoms with Crippen molar-refractivity contribution in [3.05, 3.63) is 35.4 Å². The van der Waals surface area contributed by atoms with Crippen molar-refractivity contribution in [1.29, 1.82) is 0 Å². The molecule has 2 saturated heterocycles. The average molecular weight is 394 g/mol. The highest BCUT2D eigenvalue weighted by atomic mass is 19.4. The number of hydrogen-bond donors (Lipinski definition) is 0. The molecular formula is C22H29F3N2O. The van der Waals surface area contributed by atoms with Crippen LogP contribution in [0, 0.1) is 17.8 Å². The van der Waals surface area contributed by atoms with E-state index in [1.165, 1.54) is 25.7 Å². The van der Waals surface area contributed by atoms with Gasteiger partial charge in [-0.05, 0) is 68.3 Å². The maximum Gasteiger partial charge on any atom is 0.416 e. The summed E-state index contributed by atoms with van der Waals surface area (Å²) in [6, 6.07) is 5.43. The predicted octanol–water partition coefficient (Wildman–Crippen LogP) is 4.57. The average Bonchev–Trinajstić information content (AvgIpc) is 3.12. The van der Waals surface area contributed by atoms with Gasteiger partial charge in [-0.2, -0.15) is 13.2 Å². The lowest BCUT2D eigenvalue weighted by Crippen LogP contribution is -2.41. The van der Waals surface area contributed by atoms with Gasteiger partial charge in [0.1, 0.15) is 0 Å². The quantitative estimate of drug-likeness (QED) is 0.750. The van der Waals surface area contributed by atoms with Crippen molar-refractivity contribution >= 4 is 5.91 Å². The number of alkyl halides is 3. The van der Waals surface area contributed by atoms with E-state index < -0.39 is 11.7 Å². The summed E-state index contributed by atoms with van der Waals surface area (Å²) < 4.78 is 38.0. The maximum atomic E-state index is 12.9. The minimum Gasteiger partial charge on any atom is -0.342 e. The van der Waals surface area contributed by atoms with Gasteiger partial charge in [0.25, 0.3) is 0 Å². The molecule has 3 nitrogen and oxygen atoms in total. The number of amides is 1. The zero-order valence-electron chi connectivity index (χ0n) is 16.3. The number of nitrogens with zero attached hydrogens (tertiary/aromatic N) is 2. The van der Waals surface area contributed by atoms with E-state index in [-0.39, 0.29) is 5.92 Å². The van der Waals surface area contributed by atoms with Gasteiger partial charge in [-0.15, -0.1) is 0 Å². The Kier molecular flexibility index (Phi) is 5.68. The monoisotopic (exact) mass is 394 g/mol. The fourth-order valence-corrected chi connectivity index (χ4v) is 5.24. The van der Waals surface area contributed by atoms with Gasteiger partial charge >= 0.3 is 6.18 Å². The summed E-state index contributed by atoms with van der Waals surface area (Å²) in [6.45, 7) is 4.22. The summed E-state index contributed by atoms with van der Waals surface area (Å²) in [7, 11) is 0. The lowest BCUT2D eigenvalue weighted by atomic mass is 9.82. The molecule has 2 atom stereocenters. The molecule has 1 aliphatic carbocycles. The standard InChI is InChI=1S/C22H29F3N2O/c23-22(24,25)20-7-5-16(6-8-20)13-26-11-9-17(10-12-26)21(28)27-14-18-3-1-2-4-19(18)15-27/h5-8,17-19H,1-4,9-15H2. The SMILES string of the molecule is O=C(C1CCN(Cc2ccc(C(F)(F)F)cc2)CC1)N1CC2CCCCC2C1. The summed E-state index contributed by atoms with van der Waals surface area (Å²) in [5.74, 6) is 1.89. The smallest absolute Gasteiger partial charge is 0.342 e. The van der Waals surface area contributed by atoms with Gasteiger partial charge in [0, 0.05) is 25.6 Å². The molecule has 2 unspecified atom stereocenters. The van der Waals surface area contributed by atoms with E-state index in [1.807, 2.05) is 0 Å². The Balaban J connectivity index is 1.26. The Morgan fingerprint density at radius 2 is 1.50 bits per heavy atom. The molecule has 0 bridgehead atoms. The first-order valence-corrected chi connectivity index (χ1v) is 10.6. The first kappa shape index (κ1) is 19.7. The number of rotatable bonds is 3. The summed E-state index contributed by atoms with van der Waals surface area (Å²) in [6.07, 6.45) is 2.60. The number of hydrogen-bond acceptors (Lipinski definition) is 2. The van der Waals surface area contributed by atoms with Crippen molar-refractivity contribution in [2.24, 2.45) is 17.8 Å². The molecule has 2 aliphatic heterocycles. The van der Waals surface area contributed by atoms with Gasteiger partial charge in [0.15, 0.2) is 0 Å². The highest BCUT2D eigenvalue weighted by Gasteiger charge is 2.39. The third kappa shape index (κ3) is 4.37. The second kappa shape index (κ2) is 8.05. The first-order valence-electron chi connectivity index (χ1n) is 10.6. The summed E-state index contributed by atoms with van der Waals surface area (Å²) in [5, 5.41) is 0. The van der Waals surface area contributed by atoms with Crippen LogP contribution < -0.4 is 0 Å². The van der Waals surface area contributed by atoms with Crippen LogP contribution in [0.25, 0.3) is 0 Å². The first-order chi connectivity index (χ1) is 13.4. The zero-order valence-corrected chi connectivity index (χ0v) is 16.3. The van der Waals surface area contributed by atoms with Crippen molar-refractivity contribution in [2.45, 2.75) is 51.2 Å². The lowest BCUT2D eigenvalue weighted by Gasteiger charge is -2.33. The van der Waals surface area contributed by atoms with Crippen molar-refractivity contribution in [3.8, 4) is 0 Å². The molecule has 1 amide bonds. The summed E-state index contributed by atoms with van der Waals surface area (Å²) >= 11 is 0. The molecule has 1 aromatic carbocycles. The number of benzene rings is 1. The molecule has 6 heteroatoms. The van der Waals surface area contributed by atoms with Gasteiger partial charge in [-0.1, -0.05) is 25.0 Å². The van der Waals surface area contributed by atoms with Gasteiger partial charge in [0.2, 0.25) is 5.91 Å². The molecule has 3 aliphatic rings. The highest BCUT2D eigenvalue weighted by molar-refractivity contribution is 5.79. The molecule has 1 aromatic rings. The highest BCUT2D eigenvalue weighted by Crippen LogP contribution is 2.37. The molecule has 154 valence electrons. The van der Waals surface area contributed by atoms with E-state index in [2.05, 4.69) is 9.80 Å². The largest absolute Gasteiger partial charge is 0.416 e. The lowest BCUT2D eigenvalue weighted by molar-refractivity contribution is -0.137. The Bertz CT molecular complexity index is 666. The normalized spacial score (nSPS) is 27.0. The topological polar surface area (TPSA) is 23.6 Å². The van der Waals surface area contributed by atoms with E-state index >= 15 is 0 Å². The Morgan fingerprint density at radius 3 is 2.04 bits per heavy atom. The fraction of sp³-hybridized carbons (Fsp3) is 0.682. The summed E-state index contributed by atoms with van der Waals surface area (Å²) in [5.41, 5.74) is 0.285. The van der Waals surface area contributed by atoms with Gasteiger partial charge in [0.05, 0.1) is 5.56 Å².